The van der Waals surface area contributed by atoms with Crippen LogP contribution < -0.4 is 16.0 Å². The fraction of sp³-hybridized carbons (Fsp3) is 0.273. The number of aryl methyl sites for hydroxylation is 1. The van der Waals surface area contributed by atoms with Crippen molar-refractivity contribution in [3.8, 4) is 11.4 Å². The standard InChI is InChI=1S/C22H21ClFN3O3/c1-12(2)11-26-19-15-10-14(30-4)6-8-18(15)25(3)20(19)21(28)27(22(26)29)13-5-7-17(24)16(23)9-13/h5-10,12H,11H2,1-4H3. The molecule has 0 radical (unpaired) electrons. The molecule has 2 aromatic carbocycles. The van der Waals surface area contributed by atoms with E-state index in [1.54, 1.807) is 23.3 Å². The molecule has 0 atom stereocenters. The lowest BCUT2D eigenvalue weighted by molar-refractivity contribution is 0.415. The molecule has 0 fully saturated rings. The van der Waals surface area contributed by atoms with Gasteiger partial charge < -0.3 is 9.30 Å². The molecule has 2 aromatic heterocycles. The average molecular weight is 430 g/mol. The van der Waals surface area contributed by atoms with E-state index < -0.39 is 17.1 Å². The molecule has 0 saturated heterocycles. The molecule has 0 spiro atoms. The van der Waals surface area contributed by atoms with E-state index >= 15 is 0 Å². The van der Waals surface area contributed by atoms with E-state index in [-0.39, 0.29) is 16.6 Å². The van der Waals surface area contributed by atoms with E-state index in [1.807, 2.05) is 32.0 Å². The predicted octanol–water partition coefficient (Wildman–Crippen LogP) is 4.10. The Balaban J connectivity index is 2.22. The lowest BCUT2D eigenvalue weighted by atomic mass is 10.2. The van der Waals surface area contributed by atoms with Crippen molar-refractivity contribution >= 4 is 33.5 Å². The molecule has 0 unspecified atom stereocenters. The fourth-order valence-electron chi connectivity index (χ4n) is 3.84. The van der Waals surface area contributed by atoms with Crippen LogP contribution in [0.4, 0.5) is 4.39 Å². The number of nitrogens with zero attached hydrogens (tertiary/aromatic N) is 3. The van der Waals surface area contributed by atoms with Crippen molar-refractivity contribution < 1.29 is 9.13 Å². The summed E-state index contributed by atoms with van der Waals surface area (Å²) in [5, 5.41) is 0.599. The molecule has 4 rings (SSSR count). The van der Waals surface area contributed by atoms with Gasteiger partial charge in [-0.2, -0.15) is 0 Å². The Labute approximate surface area is 176 Å². The molecule has 0 saturated carbocycles. The summed E-state index contributed by atoms with van der Waals surface area (Å²) in [5.74, 6) is 0.163. The molecule has 0 bridgehead atoms. The molecule has 0 amide bonds. The molecule has 4 aromatic rings. The summed E-state index contributed by atoms with van der Waals surface area (Å²) >= 11 is 5.92. The van der Waals surface area contributed by atoms with E-state index in [9.17, 15) is 14.0 Å². The maximum absolute atomic E-state index is 13.7. The average Bonchev–Trinajstić information content (AvgIpc) is 3.00. The Morgan fingerprint density at radius 3 is 2.47 bits per heavy atom. The number of fused-ring (bicyclic) bond motifs is 3. The fourth-order valence-corrected chi connectivity index (χ4v) is 4.02. The minimum absolute atomic E-state index is 0.148. The highest BCUT2D eigenvalue weighted by atomic mass is 35.5. The van der Waals surface area contributed by atoms with Crippen LogP contribution in [0.2, 0.25) is 5.02 Å². The lowest BCUT2D eigenvalue weighted by Crippen LogP contribution is -2.40. The quantitative estimate of drug-likeness (QED) is 0.490. The number of rotatable bonds is 4. The first kappa shape index (κ1) is 20.2. The molecule has 0 aliphatic rings. The first-order valence-electron chi connectivity index (χ1n) is 9.52. The zero-order valence-corrected chi connectivity index (χ0v) is 17.8. The van der Waals surface area contributed by atoms with Crippen LogP contribution >= 0.6 is 11.6 Å². The zero-order chi connectivity index (χ0) is 21.7. The van der Waals surface area contributed by atoms with Crippen LogP contribution in [0.15, 0.2) is 46.0 Å². The van der Waals surface area contributed by atoms with Gasteiger partial charge in [0.2, 0.25) is 0 Å². The molecular formula is C22H21ClFN3O3. The van der Waals surface area contributed by atoms with Crippen molar-refractivity contribution in [1.29, 1.82) is 0 Å². The van der Waals surface area contributed by atoms with Gasteiger partial charge >= 0.3 is 5.69 Å². The van der Waals surface area contributed by atoms with Gasteiger partial charge in [0, 0.05) is 19.0 Å². The van der Waals surface area contributed by atoms with E-state index in [4.69, 9.17) is 16.3 Å². The van der Waals surface area contributed by atoms with Crippen LogP contribution in [0.25, 0.3) is 27.6 Å². The third kappa shape index (κ3) is 3.01. The predicted molar refractivity (Wildman–Crippen MR) is 117 cm³/mol. The molecule has 2 heterocycles. The second kappa shape index (κ2) is 7.32. The van der Waals surface area contributed by atoms with Crippen LogP contribution in [0.1, 0.15) is 13.8 Å². The van der Waals surface area contributed by atoms with Gasteiger partial charge in [0.05, 0.1) is 28.9 Å². The number of hydrogen-bond acceptors (Lipinski definition) is 3. The van der Waals surface area contributed by atoms with E-state index in [1.165, 1.54) is 12.1 Å². The number of aromatic nitrogens is 3. The summed E-state index contributed by atoms with van der Waals surface area (Å²) in [5.41, 5.74) is 0.960. The van der Waals surface area contributed by atoms with Gasteiger partial charge in [0.25, 0.3) is 5.56 Å². The molecule has 0 aliphatic heterocycles. The Hall–Kier alpha value is -3.06. The van der Waals surface area contributed by atoms with Crippen LogP contribution in [-0.4, -0.2) is 20.8 Å². The first-order valence-corrected chi connectivity index (χ1v) is 9.89. The largest absolute Gasteiger partial charge is 0.497 e. The second-order valence-corrected chi connectivity index (χ2v) is 8.07. The molecule has 156 valence electrons. The Morgan fingerprint density at radius 1 is 1.10 bits per heavy atom. The van der Waals surface area contributed by atoms with E-state index in [0.29, 0.717) is 23.3 Å². The third-order valence-corrected chi connectivity index (χ3v) is 5.48. The SMILES string of the molecule is COc1ccc2c(c1)c1c(c(=O)n(-c3ccc(F)c(Cl)c3)c(=O)n1CC(C)C)n2C. The summed E-state index contributed by atoms with van der Waals surface area (Å²) in [7, 11) is 3.35. The summed E-state index contributed by atoms with van der Waals surface area (Å²) in [4.78, 5) is 27.0. The summed E-state index contributed by atoms with van der Waals surface area (Å²) in [6, 6.07) is 9.30. The zero-order valence-electron chi connectivity index (χ0n) is 17.1. The molecule has 8 heteroatoms. The molecule has 6 nitrogen and oxygen atoms in total. The maximum atomic E-state index is 13.7. The van der Waals surface area contributed by atoms with Crippen LogP contribution in [0.5, 0.6) is 5.75 Å². The minimum Gasteiger partial charge on any atom is -0.497 e. The van der Waals surface area contributed by atoms with Crippen LogP contribution in [-0.2, 0) is 13.6 Å². The van der Waals surface area contributed by atoms with Crippen molar-refractivity contribution in [2.75, 3.05) is 7.11 Å². The van der Waals surface area contributed by atoms with Crippen molar-refractivity contribution in [3.05, 3.63) is 68.1 Å². The van der Waals surface area contributed by atoms with Gasteiger partial charge in [-0.1, -0.05) is 25.4 Å². The summed E-state index contributed by atoms with van der Waals surface area (Å²) < 4.78 is 23.4. The smallest absolute Gasteiger partial charge is 0.336 e. The van der Waals surface area contributed by atoms with Crippen LogP contribution in [0.3, 0.4) is 0 Å². The lowest BCUT2D eigenvalue weighted by Gasteiger charge is -2.15. The minimum atomic E-state index is -0.617. The Kier molecular flexibility index (Phi) is 4.94. The van der Waals surface area contributed by atoms with Gasteiger partial charge in [0.15, 0.2) is 0 Å². The number of ether oxygens (including phenoxy) is 1. The Morgan fingerprint density at radius 2 is 1.83 bits per heavy atom. The van der Waals surface area contributed by atoms with Crippen molar-refractivity contribution in [2.45, 2.75) is 20.4 Å². The van der Waals surface area contributed by atoms with Gasteiger partial charge in [-0.3, -0.25) is 9.36 Å². The summed E-state index contributed by atoms with van der Waals surface area (Å²) in [6.07, 6.45) is 0. The highest BCUT2D eigenvalue weighted by Crippen LogP contribution is 2.29. The van der Waals surface area contributed by atoms with Gasteiger partial charge in [-0.25, -0.2) is 13.8 Å². The molecule has 30 heavy (non-hydrogen) atoms. The topological polar surface area (TPSA) is 58.2 Å². The molecular weight excluding hydrogens is 409 g/mol. The third-order valence-electron chi connectivity index (χ3n) is 5.19. The van der Waals surface area contributed by atoms with Gasteiger partial charge in [0.1, 0.15) is 17.1 Å². The number of benzene rings is 2. The van der Waals surface area contributed by atoms with Crippen molar-refractivity contribution in [1.82, 2.24) is 13.7 Å². The normalized spacial score (nSPS) is 11.7. The Bertz CT molecular complexity index is 1420. The number of halogens is 2. The summed E-state index contributed by atoms with van der Waals surface area (Å²) in [6.45, 7) is 4.39. The van der Waals surface area contributed by atoms with Gasteiger partial charge in [-0.05, 0) is 42.3 Å². The first-order chi connectivity index (χ1) is 14.2. The van der Waals surface area contributed by atoms with E-state index in [0.717, 1.165) is 21.5 Å². The van der Waals surface area contributed by atoms with Crippen LogP contribution in [0, 0.1) is 11.7 Å². The highest BCUT2D eigenvalue weighted by Gasteiger charge is 2.22. The molecule has 0 N–H and O–H groups in total. The monoisotopic (exact) mass is 429 g/mol. The van der Waals surface area contributed by atoms with Gasteiger partial charge in [-0.15, -0.1) is 0 Å². The maximum Gasteiger partial charge on any atom is 0.336 e. The van der Waals surface area contributed by atoms with Crippen molar-refractivity contribution in [2.24, 2.45) is 13.0 Å². The van der Waals surface area contributed by atoms with E-state index in [2.05, 4.69) is 0 Å². The van der Waals surface area contributed by atoms with Crippen molar-refractivity contribution in [3.63, 3.8) is 0 Å². The highest BCUT2D eigenvalue weighted by molar-refractivity contribution is 6.30. The number of hydrogen-bond donors (Lipinski definition) is 0. The number of methoxy groups -OCH3 is 1. The second-order valence-electron chi connectivity index (χ2n) is 7.67. The molecule has 0 aliphatic carbocycles.